The molecule has 0 spiro atoms. The van der Waals surface area contributed by atoms with Gasteiger partial charge >= 0.3 is 0 Å². The number of primary amides is 1. The van der Waals surface area contributed by atoms with Crippen molar-refractivity contribution < 1.29 is 4.79 Å². The van der Waals surface area contributed by atoms with E-state index in [4.69, 9.17) is 5.73 Å². The molecule has 0 fully saturated rings. The minimum Gasteiger partial charge on any atom is -0.369 e. The van der Waals surface area contributed by atoms with E-state index >= 15 is 0 Å². The Morgan fingerprint density at radius 2 is 1.57 bits per heavy atom. The van der Waals surface area contributed by atoms with Crippen molar-refractivity contribution in [3.05, 3.63) is 0 Å². The quantitative estimate of drug-likeness (QED) is 0.414. The van der Waals surface area contributed by atoms with Crippen molar-refractivity contribution in [1.82, 2.24) is 0 Å². The molecule has 0 heterocycles. The van der Waals surface area contributed by atoms with Crippen LogP contribution in [0.3, 0.4) is 0 Å². The molecule has 3 nitrogen and oxygen atoms in total. The monoisotopic (exact) mass is 152 g/mol. The number of amides is 1. The Labute approximate surface area is 128 Å². The van der Waals surface area contributed by atoms with E-state index in [1.54, 1.807) is 0 Å². The number of nitrogens with two attached hydrogens (primary N) is 2. The number of hydrogen-bond donors (Lipinski definition) is 2. The first kappa shape index (κ1) is 16.4. The van der Waals surface area contributed by atoms with Crippen LogP contribution in [0.25, 0.3) is 0 Å². The van der Waals surface area contributed by atoms with Gasteiger partial charge in [-0.1, -0.05) is 0 Å². The summed E-state index contributed by atoms with van der Waals surface area (Å²) in [5.41, 5.74) is 9.22. The third-order valence-electron chi connectivity index (χ3n) is 0.201. The number of carbonyl (C=O) groups is 1. The van der Waals surface area contributed by atoms with Gasteiger partial charge in [-0.2, -0.15) is 0 Å². The molecule has 2 radical (unpaired) electrons. The summed E-state index contributed by atoms with van der Waals surface area (Å²) in [5, 5.41) is 0. The fourth-order valence-electron chi connectivity index (χ4n) is 0. The largest absolute Gasteiger partial charge is 0.369 e. The Hall–Kier alpha value is 2.70. The van der Waals surface area contributed by atoms with Crippen LogP contribution in [0.1, 0.15) is 0 Å². The van der Waals surface area contributed by atoms with Gasteiger partial charge in [-0.25, -0.2) is 0 Å². The van der Waals surface area contributed by atoms with Crippen LogP contribution >= 0.6 is 0 Å². The molecule has 32 valence electrons. The third kappa shape index (κ3) is 17.7. The van der Waals surface area contributed by atoms with Crippen molar-refractivity contribution in [2.75, 3.05) is 6.54 Å². The molecule has 5 heteroatoms. The first-order valence-electron chi connectivity index (χ1n) is 1.25. The van der Waals surface area contributed by atoms with Crippen molar-refractivity contribution >= 4 is 109 Å². The maximum absolute atomic E-state index is 9.47. The summed E-state index contributed by atoms with van der Waals surface area (Å²) >= 11 is 0. The van der Waals surface area contributed by atoms with Gasteiger partial charge in [0.15, 0.2) is 0 Å². The molecule has 0 aromatic carbocycles. The molecule has 0 unspecified atom stereocenters. The first-order chi connectivity index (χ1) is 2.27. The Balaban J connectivity index is -0.0000000800. The summed E-state index contributed by atoms with van der Waals surface area (Å²) in [4.78, 5) is 9.47. The van der Waals surface area contributed by atoms with E-state index in [9.17, 15) is 4.79 Å². The van der Waals surface area contributed by atoms with E-state index in [-0.39, 0.29) is 109 Å². The minimum absolute atomic E-state index is 0. The number of rotatable bonds is 1. The SMILES string of the molecule is NCC(N)=O.[K].[K]. The van der Waals surface area contributed by atoms with Gasteiger partial charge in [0.25, 0.3) is 0 Å². The normalized spacial score (nSPS) is 5.29. The van der Waals surface area contributed by atoms with Crippen LogP contribution < -0.4 is 11.5 Å². The van der Waals surface area contributed by atoms with Crippen LogP contribution in [-0.2, 0) is 4.79 Å². The molecule has 0 aliphatic rings. The van der Waals surface area contributed by atoms with Crippen LogP contribution in [-0.4, -0.2) is 115 Å². The van der Waals surface area contributed by atoms with Crippen molar-refractivity contribution in [1.29, 1.82) is 0 Å². The molecule has 0 rings (SSSR count). The van der Waals surface area contributed by atoms with Crippen LogP contribution in [0.15, 0.2) is 0 Å². The summed E-state index contributed by atoms with van der Waals surface area (Å²) in [6.07, 6.45) is 0. The van der Waals surface area contributed by atoms with Crippen LogP contribution in [0.4, 0.5) is 0 Å². The molecule has 4 N–H and O–H groups in total. The Morgan fingerprint density at radius 3 is 1.57 bits per heavy atom. The predicted molar refractivity (Wildman–Crippen MR) is 29.8 cm³/mol. The molecular weight excluding hydrogens is 146 g/mol. The summed E-state index contributed by atoms with van der Waals surface area (Å²) in [6, 6.07) is 0. The summed E-state index contributed by atoms with van der Waals surface area (Å²) in [6.45, 7) is -0.0556. The fraction of sp³-hybridized carbons (Fsp3) is 0.500. The van der Waals surface area contributed by atoms with Gasteiger partial charge in [0, 0.05) is 103 Å². The zero-order chi connectivity index (χ0) is 4.28. The average Bonchev–Trinajstić information content (AvgIpc) is 1.38. The zero-order valence-corrected chi connectivity index (χ0v) is 11.0. The molecule has 1 amide bonds. The topological polar surface area (TPSA) is 69.1 Å². The van der Waals surface area contributed by atoms with Gasteiger partial charge in [0.2, 0.25) is 5.91 Å². The van der Waals surface area contributed by atoms with Crippen LogP contribution in [0, 0.1) is 0 Å². The van der Waals surface area contributed by atoms with Gasteiger partial charge in [0.05, 0.1) is 6.54 Å². The molecule has 0 bridgehead atoms. The Kier molecular flexibility index (Phi) is 26.9. The van der Waals surface area contributed by atoms with Crippen LogP contribution in [0.2, 0.25) is 0 Å². The maximum atomic E-state index is 9.47. The Bertz CT molecular complexity index is 49.0. The zero-order valence-electron chi connectivity index (χ0n) is 4.77. The number of hydrogen-bond acceptors (Lipinski definition) is 2. The van der Waals surface area contributed by atoms with E-state index in [0.717, 1.165) is 0 Å². The van der Waals surface area contributed by atoms with Crippen molar-refractivity contribution in [3.8, 4) is 0 Å². The van der Waals surface area contributed by atoms with Gasteiger partial charge in [-0.15, -0.1) is 0 Å². The molecular formula is C2H6K2N2O. The molecule has 0 aromatic heterocycles. The van der Waals surface area contributed by atoms with Gasteiger partial charge in [-0.05, 0) is 0 Å². The van der Waals surface area contributed by atoms with E-state index in [1.165, 1.54) is 0 Å². The summed E-state index contributed by atoms with van der Waals surface area (Å²) < 4.78 is 0. The molecule has 0 aromatic rings. The van der Waals surface area contributed by atoms with E-state index < -0.39 is 5.91 Å². The molecule has 0 aliphatic carbocycles. The van der Waals surface area contributed by atoms with Gasteiger partial charge in [-0.3, -0.25) is 4.79 Å². The second-order valence-corrected chi connectivity index (χ2v) is 0.670. The van der Waals surface area contributed by atoms with Crippen molar-refractivity contribution in [2.24, 2.45) is 11.5 Å². The maximum Gasteiger partial charge on any atom is 0.231 e. The standard InChI is InChI=1S/C2H6N2O.2K/c3-1-2(4)5;;/h1,3H2,(H2,4,5);;. The summed E-state index contributed by atoms with van der Waals surface area (Å²) in [5.74, 6) is -0.468. The molecule has 0 saturated heterocycles. The number of carbonyl (C=O) groups excluding carboxylic acids is 1. The molecule has 0 atom stereocenters. The second-order valence-electron chi connectivity index (χ2n) is 0.670. The molecule has 0 saturated carbocycles. The summed E-state index contributed by atoms with van der Waals surface area (Å²) in [7, 11) is 0. The molecule has 0 aliphatic heterocycles. The minimum atomic E-state index is -0.468. The molecule has 7 heavy (non-hydrogen) atoms. The van der Waals surface area contributed by atoms with Gasteiger partial charge in [0.1, 0.15) is 0 Å². The van der Waals surface area contributed by atoms with Gasteiger partial charge < -0.3 is 11.5 Å². The van der Waals surface area contributed by atoms with Crippen molar-refractivity contribution in [3.63, 3.8) is 0 Å². The average molecular weight is 152 g/mol. The third-order valence-corrected chi connectivity index (χ3v) is 0.201. The van der Waals surface area contributed by atoms with Crippen molar-refractivity contribution in [2.45, 2.75) is 0 Å². The predicted octanol–water partition coefficient (Wildman–Crippen LogP) is -2.33. The Morgan fingerprint density at radius 1 is 1.43 bits per heavy atom. The van der Waals surface area contributed by atoms with E-state index in [0.29, 0.717) is 0 Å². The smallest absolute Gasteiger partial charge is 0.231 e. The first-order valence-corrected chi connectivity index (χ1v) is 1.25. The fourth-order valence-corrected chi connectivity index (χ4v) is 0. The van der Waals surface area contributed by atoms with E-state index in [2.05, 4.69) is 5.73 Å². The van der Waals surface area contributed by atoms with E-state index in [1.807, 2.05) is 0 Å². The van der Waals surface area contributed by atoms with Crippen LogP contribution in [0.5, 0.6) is 0 Å². The second kappa shape index (κ2) is 11.5.